The van der Waals surface area contributed by atoms with E-state index >= 15 is 0 Å². The number of hydrogen-bond acceptors (Lipinski definition) is 4. The number of nitrogens with one attached hydrogen (secondary N) is 2. The van der Waals surface area contributed by atoms with Gasteiger partial charge in [0, 0.05) is 25.7 Å². The Morgan fingerprint density at radius 1 is 1.79 bits per heavy atom. The van der Waals surface area contributed by atoms with Gasteiger partial charge in [-0.25, -0.2) is 0 Å². The van der Waals surface area contributed by atoms with Crippen LogP contribution in [-0.2, 0) is 9.53 Å². The lowest BCUT2D eigenvalue weighted by Gasteiger charge is -2.24. The molecule has 1 heterocycles. The molecule has 0 aliphatic carbocycles. The maximum Gasteiger partial charge on any atom is 0.250 e. The van der Waals surface area contributed by atoms with Gasteiger partial charge in [-0.2, -0.15) is 0 Å². The Morgan fingerprint density at radius 3 is 3.00 bits per heavy atom. The van der Waals surface area contributed by atoms with Gasteiger partial charge in [0.05, 0.1) is 6.61 Å². The molecule has 0 aromatic carbocycles. The molecule has 0 spiro atoms. The Balaban J connectivity index is 0.00000169. The van der Waals surface area contributed by atoms with Crippen LogP contribution in [0.5, 0.6) is 0 Å². The highest BCUT2D eigenvalue weighted by atomic mass is 35.5. The highest BCUT2D eigenvalue weighted by Crippen LogP contribution is 1.96. The average molecular weight is 224 g/mol. The molecule has 14 heavy (non-hydrogen) atoms. The summed E-state index contributed by atoms with van der Waals surface area (Å²) in [6.07, 6.45) is -0.359. The lowest BCUT2D eigenvalue weighted by Crippen LogP contribution is -2.51. The SMILES string of the molecule is C[C@H](CN)NC(=O)C1CNCCO1.Cl. The number of rotatable bonds is 3. The van der Waals surface area contributed by atoms with E-state index in [0.29, 0.717) is 19.7 Å². The molecule has 0 bridgehead atoms. The second-order valence-electron chi connectivity index (χ2n) is 3.21. The van der Waals surface area contributed by atoms with Crippen LogP contribution >= 0.6 is 12.4 Å². The summed E-state index contributed by atoms with van der Waals surface area (Å²) in [5.41, 5.74) is 5.38. The molecule has 1 aliphatic rings. The molecule has 0 radical (unpaired) electrons. The molecule has 1 saturated heterocycles. The van der Waals surface area contributed by atoms with Crippen LogP contribution in [0.4, 0.5) is 0 Å². The molecule has 0 aromatic rings. The average Bonchev–Trinajstić information content (AvgIpc) is 2.19. The van der Waals surface area contributed by atoms with Crippen LogP contribution in [0.2, 0.25) is 0 Å². The zero-order valence-electron chi connectivity index (χ0n) is 8.29. The number of nitrogens with two attached hydrogens (primary N) is 1. The highest BCUT2D eigenvalue weighted by Gasteiger charge is 2.22. The van der Waals surface area contributed by atoms with Gasteiger partial charge < -0.3 is 21.1 Å². The van der Waals surface area contributed by atoms with Crippen molar-refractivity contribution in [3.05, 3.63) is 0 Å². The van der Waals surface area contributed by atoms with E-state index in [2.05, 4.69) is 10.6 Å². The standard InChI is InChI=1S/C8H17N3O2.ClH/c1-6(4-9)11-8(12)7-5-10-2-3-13-7;/h6-7,10H,2-5,9H2,1H3,(H,11,12);1H/t6-,7?;/m1./s1. The van der Waals surface area contributed by atoms with Gasteiger partial charge in [-0.15, -0.1) is 12.4 Å². The van der Waals surface area contributed by atoms with E-state index in [1.807, 2.05) is 6.92 Å². The fourth-order valence-corrected chi connectivity index (χ4v) is 1.13. The molecule has 5 nitrogen and oxygen atoms in total. The molecule has 0 aromatic heterocycles. The smallest absolute Gasteiger partial charge is 0.250 e. The summed E-state index contributed by atoms with van der Waals surface area (Å²) in [5.74, 6) is -0.0786. The van der Waals surface area contributed by atoms with Gasteiger partial charge in [0.1, 0.15) is 6.10 Å². The first kappa shape index (κ1) is 13.6. The molecule has 1 amide bonds. The van der Waals surface area contributed by atoms with E-state index in [-0.39, 0.29) is 30.5 Å². The lowest BCUT2D eigenvalue weighted by molar-refractivity contribution is -0.134. The van der Waals surface area contributed by atoms with E-state index in [4.69, 9.17) is 10.5 Å². The van der Waals surface area contributed by atoms with Crippen molar-refractivity contribution in [1.82, 2.24) is 10.6 Å². The zero-order valence-corrected chi connectivity index (χ0v) is 9.10. The summed E-state index contributed by atoms with van der Waals surface area (Å²) < 4.78 is 5.27. The van der Waals surface area contributed by atoms with E-state index in [9.17, 15) is 4.79 Å². The topological polar surface area (TPSA) is 76.4 Å². The fraction of sp³-hybridized carbons (Fsp3) is 0.875. The molecule has 1 rings (SSSR count). The predicted molar refractivity (Wildman–Crippen MR) is 56.5 cm³/mol. The van der Waals surface area contributed by atoms with Crippen LogP contribution in [0, 0.1) is 0 Å². The van der Waals surface area contributed by atoms with Crippen LogP contribution in [0.1, 0.15) is 6.92 Å². The summed E-state index contributed by atoms with van der Waals surface area (Å²) >= 11 is 0. The van der Waals surface area contributed by atoms with Crippen molar-refractivity contribution in [1.29, 1.82) is 0 Å². The minimum atomic E-state index is -0.359. The van der Waals surface area contributed by atoms with Crippen molar-refractivity contribution in [3.8, 4) is 0 Å². The molecular weight excluding hydrogens is 206 g/mol. The Kier molecular flexibility index (Phi) is 6.82. The number of ether oxygens (including phenoxy) is 1. The summed E-state index contributed by atoms with van der Waals surface area (Å²) in [6, 6.07) is 0.0121. The summed E-state index contributed by atoms with van der Waals surface area (Å²) in [4.78, 5) is 11.4. The van der Waals surface area contributed by atoms with Crippen molar-refractivity contribution in [2.24, 2.45) is 5.73 Å². The third-order valence-electron chi connectivity index (χ3n) is 1.96. The van der Waals surface area contributed by atoms with Gasteiger partial charge in [-0.1, -0.05) is 0 Å². The van der Waals surface area contributed by atoms with Crippen molar-refractivity contribution < 1.29 is 9.53 Å². The molecule has 4 N–H and O–H groups in total. The van der Waals surface area contributed by atoms with Crippen molar-refractivity contribution in [2.45, 2.75) is 19.1 Å². The molecular formula is C8H18ClN3O2. The summed E-state index contributed by atoms with van der Waals surface area (Å²) in [5, 5.41) is 5.86. The monoisotopic (exact) mass is 223 g/mol. The Bertz CT molecular complexity index is 174. The Labute approximate surface area is 90.2 Å². The Hall–Kier alpha value is -0.360. The second kappa shape index (κ2) is 7.00. The van der Waals surface area contributed by atoms with E-state index in [1.165, 1.54) is 0 Å². The Morgan fingerprint density at radius 2 is 2.50 bits per heavy atom. The molecule has 1 aliphatic heterocycles. The van der Waals surface area contributed by atoms with Crippen LogP contribution < -0.4 is 16.4 Å². The van der Waals surface area contributed by atoms with Crippen molar-refractivity contribution >= 4 is 18.3 Å². The number of hydrogen-bond donors (Lipinski definition) is 3. The fourth-order valence-electron chi connectivity index (χ4n) is 1.13. The summed E-state index contributed by atoms with van der Waals surface area (Å²) in [7, 11) is 0. The number of amides is 1. The molecule has 1 fully saturated rings. The lowest BCUT2D eigenvalue weighted by atomic mass is 10.2. The van der Waals surface area contributed by atoms with Crippen LogP contribution in [0.3, 0.4) is 0 Å². The highest BCUT2D eigenvalue weighted by molar-refractivity contribution is 5.85. The third-order valence-corrected chi connectivity index (χ3v) is 1.96. The maximum atomic E-state index is 11.4. The van der Waals surface area contributed by atoms with Gasteiger partial charge in [0.25, 0.3) is 5.91 Å². The summed E-state index contributed by atoms with van der Waals surface area (Å²) in [6.45, 7) is 4.31. The number of carbonyl (C=O) groups excluding carboxylic acids is 1. The normalized spacial score (nSPS) is 23.4. The molecule has 84 valence electrons. The van der Waals surface area contributed by atoms with E-state index in [0.717, 1.165) is 6.54 Å². The second-order valence-corrected chi connectivity index (χ2v) is 3.21. The minimum Gasteiger partial charge on any atom is -0.366 e. The quantitative estimate of drug-likeness (QED) is 0.566. The third kappa shape index (κ3) is 4.23. The van der Waals surface area contributed by atoms with Crippen molar-refractivity contribution in [3.63, 3.8) is 0 Å². The predicted octanol–water partition coefficient (Wildman–Crippen LogP) is -1.14. The first-order valence-electron chi connectivity index (χ1n) is 4.57. The number of carbonyl (C=O) groups is 1. The number of morpholine rings is 1. The maximum absolute atomic E-state index is 11.4. The van der Waals surface area contributed by atoms with Gasteiger partial charge in [0.15, 0.2) is 0 Å². The first-order chi connectivity index (χ1) is 6.24. The van der Waals surface area contributed by atoms with E-state index in [1.54, 1.807) is 0 Å². The van der Waals surface area contributed by atoms with Gasteiger partial charge >= 0.3 is 0 Å². The molecule has 1 unspecified atom stereocenters. The van der Waals surface area contributed by atoms with Crippen LogP contribution in [0.25, 0.3) is 0 Å². The number of halogens is 1. The van der Waals surface area contributed by atoms with Crippen molar-refractivity contribution in [2.75, 3.05) is 26.2 Å². The minimum absolute atomic E-state index is 0. The molecule has 2 atom stereocenters. The van der Waals surface area contributed by atoms with Gasteiger partial charge in [-0.3, -0.25) is 4.79 Å². The van der Waals surface area contributed by atoms with Gasteiger partial charge in [0.2, 0.25) is 0 Å². The molecule has 0 saturated carbocycles. The first-order valence-corrected chi connectivity index (χ1v) is 4.57. The largest absolute Gasteiger partial charge is 0.366 e. The zero-order chi connectivity index (χ0) is 9.68. The van der Waals surface area contributed by atoms with Crippen LogP contribution in [0.15, 0.2) is 0 Å². The van der Waals surface area contributed by atoms with Crippen LogP contribution in [-0.4, -0.2) is 44.3 Å². The molecule has 6 heteroatoms. The van der Waals surface area contributed by atoms with Gasteiger partial charge in [-0.05, 0) is 6.92 Å². The van der Waals surface area contributed by atoms with E-state index < -0.39 is 0 Å².